The summed E-state index contributed by atoms with van der Waals surface area (Å²) in [6.07, 6.45) is -0.201. The summed E-state index contributed by atoms with van der Waals surface area (Å²) in [6.45, 7) is 7.51. The molecule has 0 aliphatic heterocycles. The average Bonchev–Trinajstić information content (AvgIpc) is 2.30. The van der Waals surface area contributed by atoms with Crippen molar-refractivity contribution in [3.05, 3.63) is 28.8 Å². The lowest BCUT2D eigenvalue weighted by molar-refractivity contribution is -0.136. The second-order valence-electron chi connectivity index (χ2n) is 4.89. The van der Waals surface area contributed by atoms with Crippen LogP contribution in [0, 0.1) is 13.8 Å². The molecular formula is C15H20O4. The van der Waals surface area contributed by atoms with Gasteiger partial charge in [0.25, 0.3) is 0 Å². The molecule has 0 radical (unpaired) electrons. The second kappa shape index (κ2) is 6.36. The van der Waals surface area contributed by atoms with Crippen LogP contribution >= 0.6 is 0 Å². The first kappa shape index (κ1) is 15.2. The van der Waals surface area contributed by atoms with Gasteiger partial charge in [-0.2, -0.15) is 0 Å². The summed E-state index contributed by atoms with van der Waals surface area (Å²) in [4.78, 5) is 22.7. The number of carbonyl (C=O) groups is 2. The van der Waals surface area contributed by atoms with E-state index >= 15 is 0 Å². The van der Waals surface area contributed by atoms with Crippen molar-refractivity contribution >= 4 is 11.8 Å². The van der Waals surface area contributed by atoms with Crippen molar-refractivity contribution in [2.75, 3.05) is 0 Å². The summed E-state index contributed by atoms with van der Waals surface area (Å²) >= 11 is 0. The minimum Gasteiger partial charge on any atom is -0.490 e. The Morgan fingerprint density at radius 2 is 1.74 bits per heavy atom. The van der Waals surface area contributed by atoms with Crippen molar-refractivity contribution in [1.29, 1.82) is 0 Å². The SMILES string of the molecule is Cc1ccc(C)c(C(=O)CCC(=O)O)c1OC(C)C. The molecule has 104 valence electrons. The van der Waals surface area contributed by atoms with Gasteiger partial charge in [0.2, 0.25) is 0 Å². The summed E-state index contributed by atoms with van der Waals surface area (Å²) in [5.41, 5.74) is 2.21. The zero-order valence-electron chi connectivity index (χ0n) is 11.8. The summed E-state index contributed by atoms with van der Waals surface area (Å²) in [5, 5.41) is 8.66. The van der Waals surface area contributed by atoms with Crippen LogP contribution in [0.1, 0.15) is 48.2 Å². The molecule has 0 unspecified atom stereocenters. The lowest BCUT2D eigenvalue weighted by Gasteiger charge is -2.18. The number of carboxylic acids is 1. The molecule has 0 saturated carbocycles. The minimum absolute atomic E-state index is 0.00587. The van der Waals surface area contributed by atoms with Crippen LogP contribution in [-0.2, 0) is 4.79 Å². The van der Waals surface area contributed by atoms with Crippen molar-refractivity contribution in [2.45, 2.75) is 46.6 Å². The predicted molar refractivity (Wildman–Crippen MR) is 72.9 cm³/mol. The third kappa shape index (κ3) is 4.09. The van der Waals surface area contributed by atoms with E-state index in [1.54, 1.807) is 0 Å². The number of aliphatic carboxylic acids is 1. The first-order valence-corrected chi connectivity index (χ1v) is 6.34. The highest BCUT2D eigenvalue weighted by Gasteiger charge is 2.19. The van der Waals surface area contributed by atoms with Crippen molar-refractivity contribution in [3.63, 3.8) is 0 Å². The molecule has 0 atom stereocenters. The number of ketones is 1. The van der Waals surface area contributed by atoms with Gasteiger partial charge in [-0.15, -0.1) is 0 Å². The minimum atomic E-state index is -0.968. The zero-order valence-corrected chi connectivity index (χ0v) is 11.8. The normalized spacial score (nSPS) is 10.6. The molecule has 0 bridgehead atoms. The molecule has 1 aromatic carbocycles. The Kier molecular flexibility index (Phi) is 5.10. The van der Waals surface area contributed by atoms with E-state index in [9.17, 15) is 9.59 Å². The number of benzene rings is 1. The fourth-order valence-electron chi connectivity index (χ4n) is 1.86. The molecule has 0 saturated heterocycles. The summed E-state index contributed by atoms with van der Waals surface area (Å²) in [7, 11) is 0. The number of hydrogen-bond donors (Lipinski definition) is 1. The Balaban J connectivity index is 3.12. The second-order valence-corrected chi connectivity index (χ2v) is 4.89. The van der Waals surface area contributed by atoms with Gasteiger partial charge in [0.05, 0.1) is 18.1 Å². The van der Waals surface area contributed by atoms with Crippen LogP contribution in [-0.4, -0.2) is 23.0 Å². The molecule has 0 fully saturated rings. The molecule has 1 rings (SSSR count). The molecule has 0 aliphatic carbocycles. The first-order chi connectivity index (χ1) is 8.82. The Labute approximate surface area is 113 Å². The maximum Gasteiger partial charge on any atom is 0.303 e. The molecule has 0 aliphatic rings. The number of aryl methyl sites for hydroxylation is 2. The van der Waals surface area contributed by atoms with E-state index in [-0.39, 0.29) is 24.7 Å². The first-order valence-electron chi connectivity index (χ1n) is 6.34. The van der Waals surface area contributed by atoms with E-state index in [4.69, 9.17) is 9.84 Å². The van der Waals surface area contributed by atoms with Gasteiger partial charge in [0.15, 0.2) is 5.78 Å². The van der Waals surface area contributed by atoms with Crippen LogP contribution in [0.4, 0.5) is 0 Å². The molecule has 0 heterocycles. The number of Topliss-reactive ketones (excluding diaryl/α,β-unsaturated/α-hetero) is 1. The van der Waals surface area contributed by atoms with E-state index in [0.29, 0.717) is 11.3 Å². The lowest BCUT2D eigenvalue weighted by atomic mass is 9.97. The maximum absolute atomic E-state index is 12.2. The van der Waals surface area contributed by atoms with Crippen LogP contribution in [0.3, 0.4) is 0 Å². The van der Waals surface area contributed by atoms with Gasteiger partial charge in [-0.25, -0.2) is 0 Å². The molecular weight excluding hydrogens is 244 g/mol. The Bertz CT molecular complexity index is 489. The van der Waals surface area contributed by atoms with Crippen LogP contribution in [0.2, 0.25) is 0 Å². The van der Waals surface area contributed by atoms with Crippen molar-refractivity contribution in [2.24, 2.45) is 0 Å². The highest BCUT2D eigenvalue weighted by molar-refractivity contribution is 6.01. The average molecular weight is 264 g/mol. The number of hydrogen-bond acceptors (Lipinski definition) is 3. The molecule has 0 aromatic heterocycles. The highest BCUT2D eigenvalue weighted by Crippen LogP contribution is 2.29. The smallest absolute Gasteiger partial charge is 0.303 e. The maximum atomic E-state index is 12.2. The van der Waals surface area contributed by atoms with Gasteiger partial charge in [-0.3, -0.25) is 9.59 Å². The number of carbonyl (C=O) groups excluding carboxylic acids is 1. The summed E-state index contributed by atoms with van der Waals surface area (Å²) in [5.74, 6) is -0.574. The third-order valence-corrected chi connectivity index (χ3v) is 2.76. The predicted octanol–water partition coefficient (Wildman–Crippen LogP) is 3.14. The third-order valence-electron chi connectivity index (χ3n) is 2.76. The van der Waals surface area contributed by atoms with Gasteiger partial charge in [-0.1, -0.05) is 12.1 Å². The van der Waals surface area contributed by atoms with E-state index in [1.165, 1.54) is 0 Å². The lowest BCUT2D eigenvalue weighted by Crippen LogP contribution is -2.13. The number of rotatable bonds is 6. The Hall–Kier alpha value is -1.84. The molecule has 1 aromatic rings. The van der Waals surface area contributed by atoms with Crippen molar-refractivity contribution in [3.8, 4) is 5.75 Å². The van der Waals surface area contributed by atoms with E-state index in [1.807, 2.05) is 39.8 Å². The fraction of sp³-hybridized carbons (Fsp3) is 0.467. The zero-order chi connectivity index (χ0) is 14.6. The van der Waals surface area contributed by atoms with Crippen molar-refractivity contribution in [1.82, 2.24) is 0 Å². The van der Waals surface area contributed by atoms with Crippen LogP contribution in [0.5, 0.6) is 5.75 Å². The standard InChI is InChI=1S/C15H20O4/c1-9(2)19-15-11(4)6-5-10(3)14(15)12(16)7-8-13(17)18/h5-6,9H,7-8H2,1-4H3,(H,17,18). The highest BCUT2D eigenvalue weighted by atomic mass is 16.5. The van der Waals surface area contributed by atoms with Gasteiger partial charge in [-0.05, 0) is 38.8 Å². The molecule has 4 nitrogen and oxygen atoms in total. The van der Waals surface area contributed by atoms with Crippen LogP contribution in [0.25, 0.3) is 0 Å². The van der Waals surface area contributed by atoms with Gasteiger partial charge in [0, 0.05) is 6.42 Å². The largest absolute Gasteiger partial charge is 0.490 e. The monoisotopic (exact) mass is 264 g/mol. The molecule has 19 heavy (non-hydrogen) atoms. The van der Waals surface area contributed by atoms with Crippen LogP contribution < -0.4 is 4.74 Å². The van der Waals surface area contributed by atoms with Crippen LogP contribution in [0.15, 0.2) is 12.1 Å². The summed E-state index contributed by atoms with van der Waals surface area (Å²) in [6, 6.07) is 3.76. The van der Waals surface area contributed by atoms with E-state index in [0.717, 1.165) is 11.1 Å². The molecule has 0 amide bonds. The van der Waals surface area contributed by atoms with E-state index in [2.05, 4.69) is 0 Å². The van der Waals surface area contributed by atoms with Crippen molar-refractivity contribution < 1.29 is 19.4 Å². The van der Waals surface area contributed by atoms with Gasteiger partial charge < -0.3 is 9.84 Å². The molecule has 0 spiro atoms. The quantitative estimate of drug-likeness (QED) is 0.802. The molecule has 4 heteroatoms. The van der Waals surface area contributed by atoms with E-state index < -0.39 is 5.97 Å². The number of carboxylic acid groups (broad SMARTS) is 1. The summed E-state index contributed by atoms with van der Waals surface area (Å²) < 4.78 is 5.72. The fourth-order valence-corrected chi connectivity index (χ4v) is 1.86. The topological polar surface area (TPSA) is 63.6 Å². The Morgan fingerprint density at radius 1 is 1.16 bits per heavy atom. The number of ether oxygens (including phenoxy) is 1. The molecule has 1 N–H and O–H groups in total. The van der Waals surface area contributed by atoms with Gasteiger partial charge in [0.1, 0.15) is 5.75 Å². The Morgan fingerprint density at radius 3 is 2.26 bits per heavy atom. The van der Waals surface area contributed by atoms with Gasteiger partial charge >= 0.3 is 5.97 Å².